The molecule has 5 rings (SSSR count). The molecule has 3 aromatic rings. The number of aromatic nitrogens is 1. The van der Waals surface area contributed by atoms with Gasteiger partial charge in [-0.25, -0.2) is 4.79 Å². The van der Waals surface area contributed by atoms with Crippen molar-refractivity contribution in [3.63, 3.8) is 0 Å². The van der Waals surface area contributed by atoms with E-state index < -0.39 is 11.9 Å². The highest BCUT2D eigenvalue weighted by molar-refractivity contribution is 6.04. The molecule has 2 N–H and O–H groups in total. The van der Waals surface area contributed by atoms with Crippen LogP contribution in [0.5, 0.6) is 28.7 Å². The minimum absolute atomic E-state index is 0.0254. The lowest BCUT2D eigenvalue weighted by Crippen LogP contribution is -2.26. The van der Waals surface area contributed by atoms with Gasteiger partial charge >= 0.3 is 5.97 Å². The first-order valence-electron chi connectivity index (χ1n) is 10.4. The summed E-state index contributed by atoms with van der Waals surface area (Å²) < 4.78 is 29.5. The summed E-state index contributed by atoms with van der Waals surface area (Å²) in [5.74, 6) is 0.162. The number of benzene rings is 2. The molecule has 34 heavy (non-hydrogen) atoms. The number of anilines is 1. The highest BCUT2D eigenvalue weighted by Gasteiger charge is 2.38. The van der Waals surface area contributed by atoms with Gasteiger partial charge in [0.1, 0.15) is 11.3 Å². The van der Waals surface area contributed by atoms with E-state index in [1.54, 1.807) is 29.9 Å². The standard InChI is InChI=1S/C24H22N2O8/c1-30-13-6-4-5-12(7-13)26-10-16(24(28)29)19-20(26)14(9-18(27)25-19)15-8-17-22(34-11-33-17)23(32-3)21(15)31-2/h4-8,10,14H,9,11H2,1-3H3,(H,25,27)(H,28,29)/t14-/m1/s1. The summed E-state index contributed by atoms with van der Waals surface area (Å²) in [5.41, 5.74) is 2.08. The summed E-state index contributed by atoms with van der Waals surface area (Å²) in [6.07, 6.45) is 1.55. The number of carbonyl (C=O) groups is 2. The number of methoxy groups -OCH3 is 3. The molecule has 3 heterocycles. The number of carboxylic acids is 1. The summed E-state index contributed by atoms with van der Waals surface area (Å²) in [6.45, 7) is 0.0258. The number of nitrogens with one attached hydrogen (secondary N) is 1. The van der Waals surface area contributed by atoms with Crippen molar-refractivity contribution in [3.8, 4) is 34.4 Å². The third-order valence-corrected chi connectivity index (χ3v) is 5.98. The fourth-order valence-electron chi connectivity index (χ4n) is 4.53. The average molecular weight is 466 g/mol. The molecule has 2 aliphatic heterocycles. The van der Waals surface area contributed by atoms with Gasteiger partial charge in [0.15, 0.2) is 11.5 Å². The van der Waals surface area contributed by atoms with Gasteiger partial charge in [-0.15, -0.1) is 0 Å². The van der Waals surface area contributed by atoms with Gasteiger partial charge in [0.25, 0.3) is 0 Å². The van der Waals surface area contributed by atoms with E-state index in [-0.39, 0.29) is 30.4 Å². The largest absolute Gasteiger partial charge is 0.497 e. The third-order valence-electron chi connectivity index (χ3n) is 5.98. The number of amides is 1. The van der Waals surface area contributed by atoms with E-state index in [9.17, 15) is 14.7 Å². The van der Waals surface area contributed by atoms with Crippen molar-refractivity contribution in [1.82, 2.24) is 4.57 Å². The van der Waals surface area contributed by atoms with E-state index in [0.29, 0.717) is 45.7 Å². The van der Waals surface area contributed by atoms with Gasteiger partial charge in [0.05, 0.1) is 32.7 Å². The first-order chi connectivity index (χ1) is 16.5. The zero-order valence-electron chi connectivity index (χ0n) is 18.7. The van der Waals surface area contributed by atoms with Crippen molar-refractivity contribution in [2.24, 2.45) is 0 Å². The van der Waals surface area contributed by atoms with Crippen LogP contribution in [0.4, 0.5) is 5.69 Å². The molecule has 1 amide bonds. The van der Waals surface area contributed by atoms with Crippen LogP contribution in [0.25, 0.3) is 5.69 Å². The van der Waals surface area contributed by atoms with Crippen LogP contribution in [-0.2, 0) is 4.79 Å². The lowest BCUT2D eigenvalue weighted by Gasteiger charge is -2.28. The lowest BCUT2D eigenvalue weighted by atomic mass is 9.87. The Bertz CT molecular complexity index is 1310. The number of ether oxygens (including phenoxy) is 5. The van der Waals surface area contributed by atoms with Crippen molar-refractivity contribution in [2.45, 2.75) is 12.3 Å². The molecule has 0 unspecified atom stereocenters. The van der Waals surface area contributed by atoms with Crippen LogP contribution in [-0.4, -0.2) is 49.7 Å². The Kier molecular flexibility index (Phi) is 5.20. The summed E-state index contributed by atoms with van der Waals surface area (Å²) in [4.78, 5) is 24.9. The normalized spacial score (nSPS) is 16.0. The molecule has 2 aliphatic rings. The van der Waals surface area contributed by atoms with E-state index in [1.807, 2.05) is 12.1 Å². The Morgan fingerprint density at radius 1 is 1.12 bits per heavy atom. The van der Waals surface area contributed by atoms with Gasteiger partial charge in [-0.1, -0.05) is 6.07 Å². The first-order valence-corrected chi connectivity index (χ1v) is 10.4. The van der Waals surface area contributed by atoms with Crippen molar-refractivity contribution in [1.29, 1.82) is 0 Å². The van der Waals surface area contributed by atoms with E-state index >= 15 is 0 Å². The number of aromatic carboxylic acids is 1. The molecule has 0 spiro atoms. The second-order valence-corrected chi connectivity index (χ2v) is 7.75. The van der Waals surface area contributed by atoms with Gasteiger partial charge in [0, 0.05) is 35.9 Å². The molecule has 0 bridgehead atoms. The number of carboxylic acid groups (broad SMARTS) is 1. The number of nitrogens with zero attached hydrogens (tertiary/aromatic N) is 1. The number of hydrogen-bond acceptors (Lipinski definition) is 7. The van der Waals surface area contributed by atoms with E-state index in [0.717, 1.165) is 0 Å². The quantitative estimate of drug-likeness (QED) is 0.568. The molecular weight excluding hydrogens is 444 g/mol. The summed E-state index contributed by atoms with van der Waals surface area (Å²) in [5, 5.41) is 12.6. The molecule has 10 nitrogen and oxygen atoms in total. The van der Waals surface area contributed by atoms with Gasteiger partial charge in [0.2, 0.25) is 24.2 Å². The van der Waals surface area contributed by atoms with Crippen molar-refractivity contribution < 1.29 is 38.4 Å². The summed E-state index contributed by atoms with van der Waals surface area (Å²) in [6, 6.07) is 8.97. The van der Waals surface area contributed by atoms with Crippen molar-refractivity contribution in [3.05, 3.63) is 53.3 Å². The van der Waals surface area contributed by atoms with Crippen LogP contribution < -0.4 is 29.0 Å². The smallest absolute Gasteiger partial charge is 0.339 e. The summed E-state index contributed by atoms with van der Waals surface area (Å²) >= 11 is 0. The van der Waals surface area contributed by atoms with Crippen LogP contribution in [0.1, 0.15) is 34.0 Å². The highest BCUT2D eigenvalue weighted by Crippen LogP contribution is 2.54. The van der Waals surface area contributed by atoms with E-state index in [2.05, 4.69) is 5.32 Å². The molecular formula is C24H22N2O8. The predicted octanol–water partition coefficient (Wildman–Crippen LogP) is 3.40. The minimum atomic E-state index is -1.16. The minimum Gasteiger partial charge on any atom is -0.497 e. The van der Waals surface area contributed by atoms with Crippen LogP contribution in [0.2, 0.25) is 0 Å². The molecule has 1 aromatic heterocycles. The maximum atomic E-state index is 12.8. The fourth-order valence-corrected chi connectivity index (χ4v) is 4.53. The molecule has 0 radical (unpaired) electrons. The topological polar surface area (TPSA) is 117 Å². The van der Waals surface area contributed by atoms with Gasteiger partial charge in [-0.3, -0.25) is 4.79 Å². The number of hydrogen-bond donors (Lipinski definition) is 2. The van der Waals surface area contributed by atoms with Crippen LogP contribution in [0.15, 0.2) is 36.5 Å². The molecule has 2 aromatic carbocycles. The molecule has 10 heteroatoms. The van der Waals surface area contributed by atoms with Gasteiger partial charge in [-0.05, 0) is 18.2 Å². The fraction of sp³-hybridized carbons (Fsp3) is 0.250. The van der Waals surface area contributed by atoms with Crippen LogP contribution >= 0.6 is 0 Å². The number of carbonyl (C=O) groups excluding carboxylic acids is 1. The molecule has 0 saturated carbocycles. The molecule has 176 valence electrons. The zero-order valence-corrected chi connectivity index (χ0v) is 18.7. The number of fused-ring (bicyclic) bond motifs is 2. The third kappa shape index (κ3) is 3.26. The van der Waals surface area contributed by atoms with E-state index in [1.165, 1.54) is 20.4 Å². The molecule has 1 atom stereocenters. The Morgan fingerprint density at radius 3 is 2.62 bits per heavy atom. The van der Waals surface area contributed by atoms with Crippen molar-refractivity contribution in [2.75, 3.05) is 33.4 Å². The second kappa shape index (κ2) is 8.22. The Labute approximate surface area is 194 Å². The summed E-state index contributed by atoms with van der Waals surface area (Å²) in [7, 11) is 4.54. The lowest BCUT2D eigenvalue weighted by molar-refractivity contribution is -0.116. The monoisotopic (exact) mass is 466 g/mol. The van der Waals surface area contributed by atoms with Crippen LogP contribution in [0, 0.1) is 0 Å². The van der Waals surface area contributed by atoms with E-state index in [4.69, 9.17) is 23.7 Å². The number of rotatable bonds is 6. The Morgan fingerprint density at radius 2 is 1.91 bits per heavy atom. The maximum absolute atomic E-state index is 12.8. The predicted molar refractivity (Wildman–Crippen MR) is 120 cm³/mol. The second-order valence-electron chi connectivity index (χ2n) is 7.75. The highest BCUT2D eigenvalue weighted by atomic mass is 16.7. The molecule has 0 aliphatic carbocycles. The van der Waals surface area contributed by atoms with Crippen LogP contribution in [0.3, 0.4) is 0 Å². The molecule has 0 saturated heterocycles. The van der Waals surface area contributed by atoms with Crippen molar-refractivity contribution >= 4 is 17.6 Å². The van der Waals surface area contributed by atoms with Gasteiger partial charge in [-0.2, -0.15) is 0 Å². The maximum Gasteiger partial charge on any atom is 0.339 e. The van der Waals surface area contributed by atoms with Gasteiger partial charge < -0.3 is 38.7 Å². The SMILES string of the molecule is COc1cccc(-n2cc(C(=O)O)c3c2[C@@H](c2cc4c(c(OC)c2OC)OCO4)CC(=O)N3)c1. The molecule has 0 fully saturated rings. The Balaban J connectivity index is 1.79. The first kappa shape index (κ1) is 21.5. The average Bonchev–Trinajstić information content (AvgIpc) is 3.47. The Hall–Kier alpha value is -4.34. The zero-order chi connectivity index (χ0) is 24.0.